The van der Waals surface area contributed by atoms with Crippen LogP contribution in [0.3, 0.4) is 0 Å². The first-order valence-corrected chi connectivity index (χ1v) is 8.04. The lowest BCUT2D eigenvalue weighted by atomic mass is 10.1. The molecule has 124 valence electrons. The second-order valence-electron chi connectivity index (χ2n) is 5.56. The number of fused-ring (bicyclic) bond motifs is 1. The number of carbonyl (C=O) groups is 1. The van der Waals surface area contributed by atoms with Gasteiger partial charge in [-0.25, -0.2) is 0 Å². The van der Waals surface area contributed by atoms with E-state index in [0.29, 0.717) is 17.2 Å². The summed E-state index contributed by atoms with van der Waals surface area (Å²) >= 11 is 6.20. The van der Waals surface area contributed by atoms with Crippen molar-refractivity contribution in [2.24, 2.45) is 0 Å². The SMILES string of the molecule is COCc1c(C(=O)NC(C)c2ccccc2Cl)oc2ccccc12. The van der Waals surface area contributed by atoms with Crippen molar-refractivity contribution >= 4 is 28.5 Å². The summed E-state index contributed by atoms with van der Waals surface area (Å²) in [6.45, 7) is 2.19. The van der Waals surface area contributed by atoms with Crippen molar-refractivity contribution < 1.29 is 13.9 Å². The van der Waals surface area contributed by atoms with Crippen molar-refractivity contribution in [3.8, 4) is 0 Å². The number of hydrogen-bond donors (Lipinski definition) is 1. The average molecular weight is 344 g/mol. The molecular weight excluding hydrogens is 326 g/mol. The largest absolute Gasteiger partial charge is 0.451 e. The Morgan fingerprint density at radius 2 is 1.92 bits per heavy atom. The van der Waals surface area contributed by atoms with Crippen molar-refractivity contribution in [1.82, 2.24) is 5.32 Å². The number of carbonyl (C=O) groups excluding carboxylic acids is 1. The summed E-state index contributed by atoms with van der Waals surface area (Å²) in [6.07, 6.45) is 0. The van der Waals surface area contributed by atoms with Gasteiger partial charge in [0, 0.05) is 23.1 Å². The van der Waals surface area contributed by atoms with Crippen molar-refractivity contribution in [2.75, 3.05) is 7.11 Å². The number of furan rings is 1. The van der Waals surface area contributed by atoms with E-state index in [0.717, 1.165) is 16.5 Å². The molecule has 3 rings (SSSR count). The summed E-state index contributed by atoms with van der Waals surface area (Å²) < 4.78 is 11.0. The molecule has 24 heavy (non-hydrogen) atoms. The normalized spacial score (nSPS) is 12.3. The fraction of sp³-hybridized carbons (Fsp3) is 0.211. The van der Waals surface area contributed by atoms with Gasteiger partial charge < -0.3 is 14.5 Å². The van der Waals surface area contributed by atoms with Crippen LogP contribution in [-0.4, -0.2) is 13.0 Å². The van der Waals surface area contributed by atoms with Crippen LogP contribution in [0.2, 0.25) is 5.02 Å². The molecule has 0 aliphatic rings. The molecule has 1 N–H and O–H groups in total. The molecule has 1 atom stereocenters. The Morgan fingerprint density at radius 3 is 2.67 bits per heavy atom. The maximum atomic E-state index is 12.7. The first-order valence-electron chi connectivity index (χ1n) is 7.66. The van der Waals surface area contributed by atoms with Crippen molar-refractivity contribution in [1.29, 1.82) is 0 Å². The Hall–Kier alpha value is -2.30. The molecule has 1 heterocycles. The van der Waals surface area contributed by atoms with Crippen LogP contribution in [0.4, 0.5) is 0 Å². The van der Waals surface area contributed by atoms with Gasteiger partial charge in [0.2, 0.25) is 0 Å². The molecule has 3 aromatic rings. The van der Waals surface area contributed by atoms with Gasteiger partial charge in [-0.15, -0.1) is 0 Å². The molecule has 0 spiro atoms. The van der Waals surface area contributed by atoms with Gasteiger partial charge in [0.25, 0.3) is 5.91 Å². The average Bonchev–Trinajstić information content (AvgIpc) is 2.94. The monoisotopic (exact) mass is 343 g/mol. The van der Waals surface area contributed by atoms with E-state index in [1.807, 2.05) is 49.4 Å². The predicted molar refractivity (Wildman–Crippen MR) is 94.3 cm³/mol. The lowest BCUT2D eigenvalue weighted by Crippen LogP contribution is -2.27. The van der Waals surface area contributed by atoms with E-state index >= 15 is 0 Å². The fourth-order valence-corrected chi connectivity index (χ4v) is 3.04. The topological polar surface area (TPSA) is 51.5 Å². The van der Waals surface area contributed by atoms with Crippen LogP contribution in [0.15, 0.2) is 52.9 Å². The van der Waals surface area contributed by atoms with Gasteiger partial charge in [0.1, 0.15) is 5.58 Å². The highest BCUT2D eigenvalue weighted by atomic mass is 35.5. The van der Waals surface area contributed by atoms with E-state index in [2.05, 4.69) is 5.32 Å². The summed E-state index contributed by atoms with van der Waals surface area (Å²) in [6, 6.07) is 14.7. The highest BCUT2D eigenvalue weighted by molar-refractivity contribution is 6.31. The zero-order valence-corrected chi connectivity index (χ0v) is 14.3. The van der Waals surface area contributed by atoms with Crippen LogP contribution >= 0.6 is 11.6 Å². The summed E-state index contributed by atoms with van der Waals surface area (Å²) in [5, 5.41) is 4.44. The van der Waals surface area contributed by atoms with Crippen LogP contribution in [-0.2, 0) is 11.3 Å². The van der Waals surface area contributed by atoms with Crippen LogP contribution in [0.25, 0.3) is 11.0 Å². The maximum absolute atomic E-state index is 12.7. The third-order valence-corrected chi connectivity index (χ3v) is 4.26. The second-order valence-corrected chi connectivity index (χ2v) is 5.96. The molecule has 1 amide bonds. The van der Waals surface area contributed by atoms with Gasteiger partial charge in [-0.05, 0) is 24.6 Å². The predicted octanol–water partition coefficient (Wildman–Crippen LogP) is 4.72. The molecule has 0 aliphatic heterocycles. The number of methoxy groups -OCH3 is 1. The minimum atomic E-state index is -0.286. The van der Waals surface area contributed by atoms with Crippen LogP contribution < -0.4 is 5.32 Å². The number of amides is 1. The lowest BCUT2D eigenvalue weighted by molar-refractivity contribution is 0.0907. The van der Waals surface area contributed by atoms with Crippen molar-refractivity contribution in [2.45, 2.75) is 19.6 Å². The molecule has 0 saturated carbocycles. The molecule has 1 aromatic heterocycles. The van der Waals surface area contributed by atoms with Gasteiger partial charge >= 0.3 is 0 Å². The van der Waals surface area contributed by atoms with Crippen molar-refractivity contribution in [3.05, 3.63) is 70.4 Å². The zero-order valence-electron chi connectivity index (χ0n) is 13.5. The second kappa shape index (κ2) is 7.07. The molecule has 0 bridgehead atoms. The zero-order chi connectivity index (χ0) is 17.1. The number of nitrogens with one attached hydrogen (secondary N) is 1. The quantitative estimate of drug-likeness (QED) is 0.729. The fourth-order valence-electron chi connectivity index (χ4n) is 2.74. The Kier molecular flexibility index (Phi) is 4.88. The molecule has 0 radical (unpaired) electrons. The highest BCUT2D eigenvalue weighted by Crippen LogP contribution is 2.28. The van der Waals surface area contributed by atoms with Gasteiger partial charge in [-0.3, -0.25) is 4.79 Å². The molecule has 0 fully saturated rings. The van der Waals surface area contributed by atoms with Crippen LogP contribution in [0.5, 0.6) is 0 Å². The number of para-hydroxylation sites is 1. The van der Waals surface area contributed by atoms with Crippen LogP contribution in [0, 0.1) is 0 Å². The number of hydrogen-bond acceptors (Lipinski definition) is 3. The van der Waals surface area contributed by atoms with E-state index in [9.17, 15) is 4.79 Å². The van der Waals surface area contributed by atoms with E-state index in [4.69, 9.17) is 20.8 Å². The van der Waals surface area contributed by atoms with Gasteiger partial charge in [0.15, 0.2) is 5.76 Å². The van der Waals surface area contributed by atoms with E-state index in [1.54, 1.807) is 13.2 Å². The van der Waals surface area contributed by atoms with Crippen molar-refractivity contribution in [3.63, 3.8) is 0 Å². The molecular formula is C19H18ClNO3. The third-order valence-electron chi connectivity index (χ3n) is 3.91. The minimum absolute atomic E-state index is 0.241. The standard InChI is InChI=1S/C19H18ClNO3/c1-12(13-7-3-5-9-16(13)20)21-19(22)18-15(11-23-2)14-8-4-6-10-17(14)24-18/h3-10,12H,11H2,1-2H3,(H,21,22). The summed E-state index contributed by atoms with van der Waals surface area (Å²) in [5.41, 5.74) is 2.27. The first kappa shape index (κ1) is 16.6. The number of rotatable bonds is 5. The van der Waals surface area contributed by atoms with Gasteiger partial charge in [-0.2, -0.15) is 0 Å². The minimum Gasteiger partial charge on any atom is -0.451 e. The Balaban J connectivity index is 1.91. The lowest BCUT2D eigenvalue weighted by Gasteiger charge is -2.15. The maximum Gasteiger partial charge on any atom is 0.287 e. The van der Waals surface area contributed by atoms with Gasteiger partial charge in [0.05, 0.1) is 12.6 Å². The highest BCUT2D eigenvalue weighted by Gasteiger charge is 2.22. The number of ether oxygens (including phenoxy) is 1. The number of benzene rings is 2. The Bertz CT molecular complexity index is 872. The van der Waals surface area contributed by atoms with E-state index in [-0.39, 0.29) is 17.7 Å². The third kappa shape index (κ3) is 3.16. The summed E-state index contributed by atoms with van der Waals surface area (Å²) in [7, 11) is 1.59. The smallest absolute Gasteiger partial charge is 0.287 e. The molecule has 2 aromatic carbocycles. The summed E-state index contributed by atoms with van der Waals surface area (Å²) in [5.74, 6) is -0.0115. The molecule has 5 heteroatoms. The molecule has 0 saturated heterocycles. The Labute approximate surface area is 145 Å². The van der Waals surface area contributed by atoms with E-state index in [1.165, 1.54) is 0 Å². The molecule has 1 unspecified atom stereocenters. The van der Waals surface area contributed by atoms with E-state index < -0.39 is 0 Å². The number of halogens is 1. The summed E-state index contributed by atoms with van der Waals surface area (Å²) in [4.78, 5) is 12.7. The molecule has 4 nitrogen and oxygen atoms in total. The molecule has 0 aliphatic carbocycles. The van der Waals surface area contributed by atoms with Gasteiger partial charge in [-0.1, -0.05) is 48.0 Å². The first-order chi connectivity index (χ1) is 11.6. The Morgan fingerprint density at radius 1 is 1.21 bits per heavy atom. The van der Waals surface area contributed by atoms with Crippen LogP contribution in [0.1, 0.15) is 34.6 Å².